The van der Waals surface area contributed by atoms with Crippen LogP contribution in [-0.4, -0.2) is 49.1 Å². The molecule has 104 valence electrons. The van der Waals surface area contributed by atoms with Crippen LogP contribution in [-0.2, 0) is 0 Å². The molecule has 0 spiro atoms. The monoisotopic (exact) mass is 242 g/mol. The lowest BCUT2D eigenvalue weighted by atomic mass is 10.1. The third-order valence-electron chi connectivity index (χ3n) is 3.72. The SMILES string of the molecule is CC.CC.CC1CCC(N2CCN(C)CC2)C1. The second-order valence-corrected chi connectivity index (χ2v) is 4.91. The van der Waals surface area contributed by atoms with Gasteiger partial charge in [-0.15, -0.1) is 0 Å². The Morgan fingerprint density at radius 1 is 0.824 bits per heavy atom. The van der Waals surface area contributed by atoms with E-state index in [0.717, 1.165) is 12.0 Å². The molecule has 2 heteroatoms. The Morgan fingerprint density at radius 3 is 1.76 bits per heavy atom. The minimum Gasteiger partial charge on any atom is -0.304 e. The summed E-state index contributed by atoms with van der Waals surface area (Å²) in [4.78, 5) is 5.15. The van der Waals surface area contributed by atoms with Gasteiger partial charge in [0.25, 0.3) is 0 Å². The highest BCUT2D eigenvalue weighted by molar-refractivity contribution is 4.83. The minimum absolute atomic E-state index is 0.920. The predicted octanol–water partition coefficient (Wildman–Crippen LogP) is 3.47. The molecule has 1 saturated heterocycles. The van der Waals surface area contributed by atoms with Gasteiger partial charge in [0.2, 0.25) is 0 Å². The largest absolute Gasteiger partial charge is 0.304 e. The second kappa shape index (κ2) is 9.90. The molecule has 1 heterocycles. The number of piperazine rings is 1. The Balaban J connectivity index is 0.000000581. The van der Waals surface area contributed by atoms with Crippen molar-refractivity contribution in [1.29, 1.82) is 0 Å². The fourth-order valence-electron chi connectivity index (χ4n) is 2.70. The zero-order valence-corrected chi connectivity index (χ0v) is 13.0. The fraction of sp³-hybridized carbons (Fsp3) is 1.00. The predicted molar refractivity (Wildman–Crippen MR) is 78.6 cm³/mol. The average Bonchev–Trinajstić information content (AvgIpc) is 2.82. The van der Waals surface area contributed by atoms with Crippen molar-refractivity contribution in [3.63, 3.8) is 0 Å². The van der Waals surface area contributed by atoms with Crippen LogP contribution in [0, 0.1) is 5.92 Å². The lowest BCUT2D eigenvalue weighted by Crippen LogP contribution is -2.48. The third kappa shape index (κ3) is 5.87. The summed E-state index contributed by atoms with van der Waals surface area (Å²) < 4.78 is 0. The van der Waals surface area contributed by atoms with Crippen LogP contribution < -0.4 is 0 Å². The fourth-order valence-corrected chi connectivity index (χ4v) is 2.70. The Morgan fingerprint density at radius 2 is 1.35 bits per heavy atom. The topological polar surface area (TPSA) is 6.48 Å². The van der Waals surface area contributed by atoms with Crippen molar-refractivity contribution >= 4 is 0 Å². The van der Waals surface area contributed by atoms with Crippen molar-refractivity contribution in [3.8, 4) is 0 Å². The van der Waals surface area contributed by atoms with E-state index >= 15 is 0 Å². The van der Waals surface area contributed by atoms with Gasteiger partial charge in [-0.2, -0.15) is 0 Å². The number of rotatable bonds is 1. The molecule has 0 aromatic rings. The Labute approximate surface area is 109 Å². The summed E-state index contributed by atoms with van der Waals surface area (Å²) in [6.45, 7) is 15.5. The molecule has 2 nitrogen and oxygen atoms in total. The molecule has 0 aromatic heterocycles. The first-order chi connectivity index (χ1) is 8.25. The summed E-state index contributed by atoms with van der Waals surface area (Å²) in [5.41, 5.74) is 0. The lowest BCUT2D eigenvalue weighted by Gasteiger charge is -2.36. The molecule has 0 aromatic carbocycles. The van der Waals surface area contributed by atoms with E-state index in [1.54, 1.807) is 0 Å². The molecule has 2 atom stereocenters. The molecule has 2 rings (SSSR count). The number of nitrogens with zero attached hydrogens (tertiary/aromatic N) is 2. The standard InChI is InChI=1S/C11H22N2.2C2H6/c1-10-3-4-11(9-10)13-7-5-12(2)6-8-13;2*1-2/h10-11H,3-9H2,1-2H3;2*1-2H3. The molecule has 0 radical (unpaired) electrons. The van der Waals surface area contributed by atoms with Crippen LogP contribution in [0.2, 0.25) is 0 Å². The molecule has 1 aliphatic heterocycles. The maximum Gasteiger partial charge on any atom is 0.0113 e. The normalized spacial score (nSPS) is 30.0. The van der Waals surface area contributed by atoms with Gasteiger partial charge in [-0.05, 0) is 32.2 Å². The summed E-state index contributed by atoms with van der Waals surface area (Å²) in [5, 5.41) is 0. The quantitative estimate of drug-likeness (QED) is 0.694. The molecular formula is C15H34N2. The van der Waals surface area contributed by atoms with Crippen molar-refractivity contribution in [1.82, 2.24) is 9.80 Å². The van der Waals surface area contributed by atoms with Crippen LogP contribution in [0.5, 0.6) is 0 Å². The van der Waals surface area contributed by atoms with Gasteiger partial charge in [0.15, 0.2) is 0 Å². The smallest absolute Gasteiger partial charge is 0.0113 e. The minimum atomic E-state index is 0.920. The molecule has 1 saturated carbocycles. The Kier molecular flexibility index (Phi) is 9.85. The van der Waals surface area contributed by atoms with E-state index in [-0.39, 0.29) is 0 Å². The van der Waals surface area contributed by atoms with E-state index in [1.807, 2.05) is 27.7 Å². The van der Waals surface area contributed by atoms with Gasteiger partial charge in [0.05, 0.1) is 0 Å². The summed E-state index contributed by atoms with van der Waals surface area (Å²) >= 11 is 0. The van der Waals surface area contributed by atoms with Crippen LogP contribution in [0.4, 0.5) is 0 Å². The van der Waals surface area contributed by atoms with E-state index in [4.69, 9.17) is 0 Å². The number of hydrogen-bond donors (Lipinski definition) is 0. The third-order valence-corrected chi connectivity index (χ3v) is 3.72. The van der Waals surface area contributed by atoms with Gasteiger partial charge in [-0.1, -0.05) is 34.6 Å². The van der Waals surface area contributed by atoms with Gasteiger partial charge in [-0.25, -0.2) is 0 Å². The number of likely N-dealkylation sites (N-methyl/N-ethyl adjacent to an activating group) is 1. The van der Waals surface area contributed by atoms with Gasteiger partial charge >= 0.3 is 0 Å². The van der Waals surface area contributed by atoms with Crippen LogP contribution in [0.1, 0.15) is 53.9 Å². The second-order valence-electron chi connectivity index (χ2n) is 4.91. The Hall–Kier alpha value is -0.0800. The molecule has 2 aliphatic rings. The van der Waals surface area contributed by atoms with Gasteiger partial charge in [0, 0.05) is 32.2 Å². The lowest BCUT2D eigenvalue weighted by molar-refractivity contribution is 0.112. The maximum absolute atomic E-state index is 2.71. The van der Waals surface area contributed by atoms with Crippen molar-refractivity contribution in [2.75, 3.05) is 33.2 Å². The van der Waals surface area contributed by atoms with Gasteiger partial charge in [-0.3, -0.25) is 4.90 Å². The number of hydrogen-bond acceptors (Lipinski definition) is 2. The van der Waals surface area contributed by atoms with Crippen molar-refractivity contribution in [2.45, 2.75) is 59.9 Å². The van der Waals surface area contributed by atoms with Crippen LogP contribution in [0.25, 0.3) is 0 Å². The van der Waals surface area contributed by atoms with Gasteiger partial charge < -0.3 is 4.90 Å². The first-order valence-corrected chi connectivity index (χ1v) is 7.68. The molecule has 0 amide bonds. The highest BCUT2D eigenvalue weighted by atomic mass is 15.3. The molecule has 0 N–H and O–H groups in total. The summed E-state index contributed by atoms with van der Waals surface area (Å²) in [7, 11) is 2.23. The highest BCUT2D eigenvalue weighted by Crippen LogP contribution is 2.29. The molecular weight excluding hydrogens is 208 g/mol. The van der Waals surface area contributed by atoms with Crippen molar-refractivity contribution in [2.24, 2.45) is 5.92 Å². The zero-order valence-electron chi connectivity index (χ0n) is 13.0. The molecule has 17 heavy (non-hydrogen) atoms. The van der Waals surface area contributed by atoms with Crippen molar-refractivity contribution < 1.29 is 0 Å². The summed E-state index contributed by atoms with van der Waals surface area (Å²) in [6.07, 6.45) is 4.35. The first-order valence-electron chi connectivity index (χ1n) is 7.68. The molecule has 1 aliphatic carbocycles. The van der Waals surface area contributed by atoms with E-state index in [2.05, 4.69) is 23.8 Å². The molecule has 2 unspecified atom stereocenters. The Bertz CT molecular complexity index is 162. The molecule has 2 fully saturated rings. The maximum atomic E-state index is 2.71. The van der Waals surface area contributed by atoms with Crippen molar-refractivity contribution in [3.05, 3.63) is 0 Å². The molecule has 0 bridgehead atoms. The highest BCUT2D eigenvalue weighted by Gasteiger charge is 2.28. The summed E-state index contributed by atoms with van der Waals surface area (Å²) in [6, 6.07) is 0.920. The van der Waals surface area contributed by atoms with Crippen LogP contribution in [0.15, 0.2) is 0 Å². The zero-order chi connectivity index (χ0) is 13.3. The van der Waals surface area contributed by atoms with E-state index < -0.39 is 0 Å². The average molecular weight is 242 g/mol. The van der Waals surface area contributed by atoms with Crippen LogP contribution in [0.3, 0.4) is 0 Å². The first kappa shape index (κ1) is 16.9. The van der Waals surface area contributed by atoms with Gasteiger partial charge in [0.1, 0.15) is 0 Å². The van der Waals surface area contributed by atoms with E-state index in [9.17, 15) is 0 Å². The summed E-state index contributed by atoms with van der Waals surface area (Å²) in [5.74, 6) is 0.977. The van der Waals surface area contributed by atoms with Crippen LogP contribution >= 0.6 is 0 Å². The van der Waals surface area contributed by atoms with E-state index in [0.29, 0.717) is 0 Å². The van der Waals surface area contributed by atoms with E-state index in [1.165, 1.54) is 45.4 Å².